The first-order valence-electron chi connectivity index (χ1n) is 15.4. The molecule has 0 aliphatic carbocycles. The summed E-state index contributed by atoms with van der Waals surface area (Å²) in [5.74, 6) is 0.743. The van der Waals surface area contributed by atoms with E-state index in [-0.39, 0.29) is 0 Å². The monoisotopic (exact) mass is 477 g/mol. The molecule has 0 saturated heterocycles. The topological polar surface area (TPSA) is 21.3 Å². The van der Waals surface area contributed by atoms with Gasteiger partial charge in [-0.05, 0) is 70.9 Å². The second-order valence-electron chi connectivity index (χ2n) is 10.3. The van der Waals surface area contributed by atoms with Crippen molar-refractivity contribution in [2.45, 2.75) is 149 Å². The molecule has 0 rings (SSSR count). The molecular weight excluding hydrogens is 414 g/mol. The van der Waals surface area contributed by atoms with Gasteiger partial charge in [0.05, 0.1) is 0 Å². The SMILES string of the molecule is CCCCC/C=C\C/C=C\CCCCCCCCOCC(CCCCCCCCC)CCNC. The van der Waals surface area contributed by atoms with E-state index in [0.29, 0.717) is 0 Å². The van der Waals surface area contributed by atoms with Crippen LogP contribution in [0, 0.1) is 5.92 Å². The minimum Gasteiger partial charge on any atom is -0.381 e. The van der Waals surface area contributed by atoms with Gasteiger partial charge in [-0.1, -0.05) is 122 Å². The van der Waals surface area contributed by atoms with E-state index < -0.39 is 0 Å². The number of hydrogen-bond donors (Lipinski definition) is 1. The van der Waals surface area contributed by atoms with E-state index in [0.717, 1.165) is 32.1 Å². The lowest BCUT2D eigenvalue weighted by Gasteiger charge is -2.17. The summed E-state index contributed by atoms with van der Waals surface area (Å²) in [6, 6.07) is 0. The Kier molecular flexibility index (Phi) is 29.9. The minimum atomic E-state index is 0.743. The molecule has 1 atom stereocenters. The maximum atomic E-state index is 6.08. The van der Waals surface area contributed by atoms with Gasteiger partial charge in [0.15, 0.2) is 0 Å². The van der Waals surface area contributed by atoms with Gasteiger partial charge in [0, 0.05) is 13.2 Å². The number of nitrogens with one attached hydrogen (secondary N) is 1. The van der Waals surface area contributed by atoms with Gasteiger partial charge in [-0.2, -0.15) is 0 Å². The molecule has 0 aliphatic rings. The van der Waals surface area contributed by atoms with E-state index in [9.17, 15) is 0 Å². The lowest BCUT2D eigenvalue weighted by Crippen LogP contribution is -2.17. The van der Waals surface area contributed by atoms with Gasteiger partial charge < -0.3 is 10.1 Å². The van der Waals surface area contributed by atoms with E-state index >= 15 is 0 Å². The normalized spacial score (nSPS) is 12.9. The van der Waals surface area contributed by atoms with Crippen LogP contribution in [0.3, 0.4) is 0 Å². The van der Waals surface area contributed by atoms with Gasteiger partial charge in [-0.25, -0.2) is 0 Å². The van der Waals surface area contributed by atoms with Crippen LogP contribution >= 0.6 is 0 Å². The molecule has 1 unspecified atom stereocenters. The van der Waals surface area contributed by atoms with E-state index in [4.69, 9.17) is 4.74 Å². The average molecular weight is 478 g/mol. The molecule has 1 N–H and O–H groups in total. The van der Waals surface area contributed by atoms with E-state index in [1.54, 1.807) is 0 Å². The van der Waals surface area contributed by atoms with Crippen LogP contribution in [0.5, 0.6) is 0 Å². The molecule has 34 heavy (non-hydrogen) atoms. The third kappa shape index (κ3) is 27.6. The van der Waals surface area contributed by atoms with Crippen molar-refractivity contribution in [2.24, 2.45) is 5.92 Å². The van der Waals surface area contributed by atoms with Crippen molar-refractivity contribution in [1.82, 2.24) is 5.32 Å². The molecule has 0 aliphatic heterocycles. The van der Waals surface area contributed by atoms with Gasteiger partial charge >= 0.3 is 0 Å². The van der Waals surface area contributed by atoms with Crippen LogP contribution in [0.1, 0.15) is 149 Å². The summed E-state index contributed by atoms with van der Waals surface area (Å²) < 4.78 is 6.08. The fourth-order valence-corrected chi connectivity index (χ4v) is 4.49. The zero-order valence-corrected chi connectivity index (χ0v) is 23.8. The van der Waals surface area contributed by atoms with Crippen LogP contribution in [-0.4, -0.2) is 26.8 Å². The predicted octanol–water partition coefficient (Wildman–Crippen LogP) is 10.2. The zero-order chi connectivity index (χ0) is 24.8. The highest BCUT2D eigenvalue weighted by atomic mass is 16.5. The molecule has 0 bridgehead atoms. The molecule has 0 fully saturated rings. The van der Waals surface area contributed by atoms with E-state index in [1.807, 2.05) is 0 Å². The van der Waals surface area contributed by atoms with Crippen molar-refractivity contribution in [3.63, 3.8) is 0 Å². The van der Waals surface area contributed by atoms with Crippen molar-refractivity contribution in [3.05, 3.63) is 24.3 Å². The molecule has 0 radical (unpaired) electrons. The molecule has 0 aromatic heterocycles. The van der Waals surface area contributed by atoms with Gasteiger partial charge in [-0.3, -0.25) is 0 Å². The lowest BCUT2D eigenvalue weighted by molar-refractivity contribution is 0.0890. The summed E-state index contributed by atoms with van der Waals surface area (Å²) in [5.41, 5.74) is 0. The molecule has 0 aromatic rings. The van der Waals surface area contributed by atoms with Crippen LogP contribution < -0.4 is 5.32 Å². The summed E-state index contributed by atoms with van der Waals surface area (Å²) >= 11 is 0. The molecule has 2 heteroatoms. The van der Waals surface area contributed by atoms with Crippen LogP contribution in [0.15, 0.2) is 24.3 Å². The summed E-state index contributed by atoms with van der Waals surface area (Å²) in [6.07, 6.45) is 37.5. The zero-order valence-electron chi connectivity index (χ0n) is 23.8. The fraction of sp³-hybridized carbons (Fsp3) is 0.875. The molecule has 0 amide bonds. The Morgan fingerprint density at radius 3 is 1.76 bits per heavy atom. The van der Waals surface area contributed by atoms with Crippen molar-refractivity contribution in [1.29, 1.82) is 0 Å². The quantitative estimate of drug-likeness (QED) is 0.0893. The average Bonchev–Trinajstić information content (AvgIpc) is 2.85. The maximum absolute atomic E-state index is 6.08. The molecule has 2 nitrogen and oxygen atoms in total. The second kappa shape index (κ2) is 30.4. The Bertz CT molecular complexity index is 417. The molecule has 202 valence electrons. The van der Waals surface area contributed by atoms with Crippen molar-refractivity contribution in [2.75, 3.05) is 26.8 Å². The van der Waals surface area contributed by atoms with E-state index in [1.165, 1.54) is 128 Å². The molecule has 0 saturated carbocycles. The van der Waals surface area contributed by atoms with Crippen LogP contribution in [-0.2, 0) is 4.74 Å². The van der Waals surface area contributed by atoms with E-state index in [2.05, 4.69) is 50.5 Å². The Balaban J connectivity index is 3.50. The first-order chi connectivity index (χ1) is 16.8. The smallest absolute Gasteiger partial charge is 0.0494 e. The summed E-state index contributed by atoms with van der Waals surface area (Å²) in [6.45, 7) is 7.61. The van der Waals surface area contributed by atoms with Gasteiger partial charge in [0.25, 0.3) is 0 Å². The van der Waals surface area contributed by atoms with Crippen LogP contribution in [0.25, 0.3) is 0 Å². The first-order valence-corrected chi connectivity index (χ1v) is 15.4. The number of hydrogen-bond acceptors (Lipinski definition) is 2. The van der Waals surface area contributed by atoms with Crippen LogP contribution in [0.2, 0.25) is 0 Å². The summed E-state index contributed by atoms with van der Waals surface area (Å²) in [5, 5.41) is 3.32. The maximum Gasteiger partial charge on any atom is 0.0494 e. The van der Waals surface area contributed by atoms with Crippen molar-refractivity contribution < 1.29 is 4.74 Å². The fourth-order valence-electron chi connectivity index (χ4n) is 4.49. The van der Waals surface area contributed by atoms with Gasteiger partial charge in [0.2, 0.25) is 0 Å². The number of unbranched alkanes of at least 4 members (excludes halogenated alkanes) is 15. The Morgan fingerprint density at radius 2 is 1.12 bits per heavy atom. The highest BCUT2D eigenvalue weighted by Gasteiger charge is 2.08. The molecule has 0 spiro atoms. The largest absolute Gasteiger partial charge is 0.381 e. The Morgan fingerprint density at radius 1 is 0.588 bits per heavy atom. The van der Waals surface area contributed by atoms with Gasteiger partial charge in [-0.15, -0.1) is 0 Å². The first kappa shape index (κ1) is 33.4. The highest BCUT2D eigenvalue weighted by molar-refractivity contribution is 4.92. The lowest BCUT2D eigenvalue weighted by atomic mass is 9.97. The van der Waals surface area contributed by atoms with Gasteiger partial charge in [0.1, 0.15) is 0 Å². The van der Waals surface area contributed by atoms with Crippen LogP contribution in [0.4, 0.5) is 0 Å². The minimum absolute atomic E-state index is 0.743. The number of rotatable bonds is 28. The second-order valence-corrected chi connectivity index (χ2v) is 10.3. The predicted molar refractivity (Wildman–Crippen MR) is 155 cm³/mol. The standard InChI is InChI=1S/C32H63NO/c1-4-6-8-10-12-13-14-15-16-17-18-19-20-22-24-26-30-34-31-32(28-29-33-3)27-25-23-21-11-9-7-5-2/h12-13,15-16,32-33H,4-11,14,17-31H2,1-3H3/b13-12-,16-15-. The molecule has 0 heterocycles. The van der Waals surface area contributed by atoms with Crippen molar-refractivity contribution >= 4 is 0 Å². The highest BCUT2D eigenvalue weighted by Crippen LogP contribution is 2.16. The van der Waals surface area contributed by atoms with Crippen molar-refractivity contribution in [3.8, 4) is 0 Å². The summed E-state index contributed by atoms with van der Waals surface area (Å²) in [4.78, 5) is 0. The molecular formula is C32H63NO. The Hall–Kier alpha value is -0.600. The number of allylic oxidation sites excluding steroid dienone is 4. The Labute approximate surface area is 215 Å². The number of ether oxygens (including phenoxy) is 1. The third-order valence-electron chi connectivity index (χ3n) is 6.86. The third-order valence-corrected chi connectivity index (χ3v) is 6.86. The summed E-state index contributed by atoms with van der Waals surface area (Å²) in [7, 11) is 2.07. The molecule has 0 aromatic carbocycles.